The molecule has 0 radical (unpaired) electrons. The molecule has 0 aliphatic carbocycles. The third kappa shape index (κ3) is 6.36. The van der Waals surface area contributed by atoms with Gasteiger partial charge in [0.15, 0.2) is 5.96 Å². The molecule has 1 aromatic carbocycles. The predicted octanol–water partition coefficient (Wildman–Crippen LogP) is 1.76. The van der Waals surface area contributed by atoms with Gasteiger partial charge in [0.05, 0.1) is 18.8 Å². The van der Waals surface area contributed by atoms with Crippen molar-refractivity contribution in [2.45, 2.75) is 13.5 Å². The van der Waals surface area contributed by atoms with Gasteiger partial charge in [-0.15, -0.1) is 6.42 Å². The van der Waals surface area contributed by atoms with Crippen LogP contribution in [0.5, 0.6) is 0 Å². The molecule has 0 bridgehead atoms. The van der Waals surface area contributed by atoms with Crippen LogP contribution in [0.4, 0.5) is 5.69 Å². The number of carbonyl (C=O) groups excluding carboxylic acids is 1. The van der Waals surface area contributed by atoms with Gasteiger partial charge in [-0.05, 0) is 37.3 Å². The van der Waals surface area contributed by atoms with E-state index < -0.39 is 0 Å². The predicted molar refractivity (Wildman–Crippen MR) is 100 cm³/mol. The highest BCUT2D eigenvalue weighted by Crippen LogP contribution is 2.09. The van der Waals surface area contributed by atoms with Crippen LogP contribution in [0.2, 0.25) is 0 Å². The molecular formula is C19H21N5O. The molecule has 0 aliphatic rings. The normalized spacial score (nSPS) is 10.6. The second-order valence-electron chi connectivity index (χ2n) is 5.14. The fourth-order valence-electron chi connectivity index (χ4n) is 2.05. The lowest BCUT2D eigenvalue weighted by molar-refractivity contribution is -0.115. The van der Waals surface area contributed by atoms with Gasteiger partial charge in [-0.1, -0.05) is 18.1 Å². The summed E-state index contributed by atoms with van der Waals surface area (Å²) in [5.74, 6) is 2.91. The van der Waals surface area contributed by atoms with Crippen molar-refractivity contribution < 1.29 is 4.79 Å². The number of amides is 1. The Kier molecular flexibility index (Phi) is 7.01. The second kappa shape index (κ2) is 9.73. The van der Waals surface area contributed by atoms with Crippen molar-refractivity contribution in [2.75, 3.05) is 18.4 Å². The highest BCUT2D eigenvalue weighted by molar-refractivity contribution is 5.95. The molecule has 0 aliphatic heterocycles. The van der Waals surface area contributed by atoms with E-state index in [-0.39, 0.29) is 12.5 Å². The molecule has 1 heterocycles. The number of rotatable bonds is 6. The highest BCUT2D eigenvalue weighted by Gasteiger charge is 2.05. The Bertz CT molecular complexity index is 765. The number of carbonyl (C=O) groups is 1. The first-order valence-corrected chi connectivity index (χ1v) is 8.00. The van der Waals surface area contributed by atoms with E-state index in [9.17, 15) is 4.79 Å². The van der Waals surface area contributed by atoms with E-state index in [1.807, 2.05) is 25.1 Å². The minimum atomic E-state index is -0.183. The summed E-state index contributed by atoms with van der Waals surface area (Å²) in [5.41, 5.74) is 2.24. The van der Waals surface area contributed by atoms with E-state index in [0.29, 0.717) is 24.7 Å². The monoisotopic (exact) mass is 335 g/mol. The number of terminal acetylenes is 1. The summed E-state index contributed by atoms with van der Waals surface area (Å²) in [6.07, 6.45) is 7.08. The number of hydrogen-bond donors (Lipinski definition) is 3. The number of pyridine rings is 1. The van der Waals surface area contributed by atoms with Crippen LogP contribution in [0.3, 0.4) is 0 Å². The Morgan fingerprint density at radius 1 is 1.24 bits per heavy atom. The zero-order valence-electron chi connectivity index (χ0n) is 14.1. The van der Waals surface area contributed by atoms with Crippen LogP contribution in [-0.2, 0) is 11.3 Å². The second-order valence-corrected chi connectivity index (χ2v) is 5.14. The van der Waals surface area contributed by atoms with Gasteiger partial charge in [-0.25, -0.2) is 4.99 Å². The average molecular weight is 335 g/mol. The fourth-order valence-corrected chi connectivity index (χ4v) is 2.05. The lowest BCUT2D eigenvalue weighted by Gasteiger charge is -2.11. The molecule has 0 unspecified atom stereocenters. The van der Waals surface area contributed by atoms with Crippen LogP contribution in [0.25, 0.3) is 0 Å². The number of nitrogens with zero attached hydrogens (tertiary/aromatic N) is 2. The van der Waals surface area contributed by atoms with Gasteiger partial charge in [-0.2, -0.15) is 0 Å². The number of aliphatic imine (C=N–C) groups is 1. The number of nitrogens with one attached hydrogen (secondary N) is 3. The quantitative estimate of drug-likeness (QED) is 0.427. The third-order valence-electron chi connectivity index (χ3n) is 3.20. The van der Waals surface area contributed by atoms with Crippen molar-refractivity contribution in [1.82, 2.24) is 15.6 Å². The summed E-state index contributed by atoms with van der Waals surface area (Å²) < 4.78 is 0. The number of anilines is 1. The summed E-state index contributed by atoms with van der Waals surface area (Å²) >= 11 is 0. The van der Waals surface area contributed by atoms with Crippen molar-refractivity contribution in [3.63, 3.8) is 0 Å². The van der Waals surface area contributed by atoms with E-state index in [4.69, 9.17) is 6.42 Å². The molecular weight excluding hydrogens is 314 g/mol. The van der Waals surface area contributed by atoms with Crippen molar-refractivity contribution >= 4 is 17.6 Å². The van der Waals surface area contributed by atoms with Crippen LogP contribution in [0.15, 0.2) is 53.7 Å². The average Bonchev–Trinajstić information content (AvgIpc) is 2.65. The van der Waals surface area contributed by atoms with Crippen molar-refractivity contribution in [1.29, 1.82) is 0 Å². The van der Waals surface area contributed by atoms with Gasteiger partial charge in [-0.3, -0.25) is 9.78 Å². The van der Waals surface area contributed by atoms with Gasteiger partial charge >= 0.3 is 0 Å². The number of aromatic nitrogens is 1. The number of guanidine groups is 1. The minimum Gasteiger partial charge on any atom is -0.357 e. The molecule has 6 heteroatoms. The van der Waals surface area contributed by atoms with Crippen LogP contribution < -0.4 is 16.0 Å². The Labute approximate surface area is 147 Å². The molecule has 1 amide bonds. The van der Waals surface area contributed by atoms with Crippen molar-refractivity contribution in [3.05, 3.63) is 59.9 Å². The minimum absolute atomic E-state index is 0.0916. The molecule has 0 spiro atoms. The van der Waals surface area contributed by atoms with Gasteiger partial charge in [0.2, 0.25) is 5.91 Å². The smallest absolute Gasteiger partial charge is 0.243 e. The zero-order chi connectivity index (χ0) is 17.9. The zero-order valence-corrected chi connectivity index (χ0v) is 14.1. The molecule has 25 heavy (non-hydrogen) atoms. The molecule has 0 saturated heterocycles. The molecule has 128 valence electrons. The van der Waals surface area contributed by atoms with Crippen LogP contribution >= 0.6 is 0 Å². The van der Waals surface area contributed by atoms with Gasteiger partial charge in [0.1, 0.15) is 0 Å². The first kappa shape index (κ1) is 18.0. The maximum absolute atomic E-state index is 12.1. The molecule has 0 fully saturated rings. The fraction of sp³-hybridized carbons (Fsp3) is 0.211. The summed E-state index contributed by atoms with van der Waals surface area (Å²) in [6.45, 7) is 3.18. The SMILES string of the molecule is C#Cc1cccc(NC(=O)CNC(=NCc2ccccn2)NCC)c1. The Morgan fingerprint density at radius 2 is 2.12 bits per heavy atom. The topological polar surface area (TPSA) is 78.4 Å². The van der Waals surface area contributed by atoms with Crippen LogP contribution in [-0.4, -0.2) is 29.9 Å². The van der Waals surface area contributed by atoms with E-state index >= 15 is 0 Å². The lowest BCUT2D eigenvalue weighted by atomic mass is 10.2. The Hall–Kier alpha value is -3.33. The van der Waals surface area contributed by atoms with E-state index in [2.05, 4.69) is 31.8 Å². The standard InChI is InChI=1S/C19H21N5O/c1-3-15-8-7-10-16(12-15)24-18(25)14-23-19(20-4-2)22-13-17-9-5-6-11-21-17/h1,5-12H,4,13-14H2,2H3,(H,24,25)(H2,20,22,23). The molecule has 0 saturated carbocycles. The molecule has 0 atom stereocenters. The third-order valence-corrected chi connectivity index (χ3v) is 3.20. The van der Waals surface area contributed by atoms with Crippen LogP contribution in [0, 0.1) is 12.3 Å². The first-order valence-electron chi connectivity index (χ1n) is 8.00. The molecule has 3 N–H and O–H groups in total. The van der Waals surface area contributed by atoms with Crippen molar-refractivity contribution in [3.8, 4) is 12.3 Å². The Balaban J connectivity index is 1.89. The summed E-state index contributed by atoms with van der Waals surface area (Å²) in [4.78, 5) is 20.7. The summed E-state index contributed by atoms with van der Waals surface area (Å²) in [7, 11) is 0. The van der Waals surface area contributed by atoms with E-state index in [1.165, 1.54) is 0 Å². The highest BCUT2D eigenvalue weighted by atomic mass is 16.1. The summed E-state index contributed by atoms with van der Waals surface area (Å²) in [6, 6.07) is 12.8. The van der Waals surface area contributed by atoms with Gasteiger partial charge in [0.25, 0.3) is 0 Å². The largest absolute Gasteiger partial charge is 0.357 e. The van der Waals surface area contributed by atoms with Crippen LogP contribution in [0.1, 0.15) is 18.2 Å². The molecule has 2 rings (SSSR count). The summed E-state index contributed by atoms with van der Waals surface area (Å²) in [5, 5.41) is 8.89. The molecule has 2 aromatic rings. The maximum Gasteiger partial charge on any atom is 0.243 e. The maximum atomic E-state index is 12.1. The van der Waals surface area contributed by atoms with Gasteiger partial charge in [0, 0.05) is 24.0 Å². The molecule has 6 nitrogen and oxygen atoms in total. The van der Waals surface area contributed by atoms with Crippen molar-refractivity contribution in [2.24, 2.45) is 4.99 Å². The van der Waals surface area contributed by atoms with E-state index in [1.54, 1.807) is 30.5 Å². The lowest BCUT2D eigenvalue weighted by Crippen LogP contribution is -2.41. The van der Waals surface area contributed by atoms with Gasteiger partial charge < -0.3 is 16.0 Å². The number of benzene rings is 1. The number of hydrogen-bond acceptors (Lipinski definition) is 3. The molecule has 1 aromatic heterocycles. The van der Waals surface area contributed by atoms with E-state index in [0.717, 1.165) is 11.3 Å². The Morgan fingerprint density at radius 3 is 2.84 bits per heavy atom. The first-order chi connectivity index (χ1) is 12.2.